The fraction of sp³-hybridized carbons (Fsp3) is 0.0222. The maximum Gasteiger partial charge on any atom is 0.161 e. The summed E-state index contributed by atoms with van der Waals surface area (Å²) in [5.41, 5.74) is 11.0. The van der Waals surface area contributed by atoms with E-state index in [9.17, 15) is 0 Å². The molecule has 10 aromatic rings. The average molecular weight is 659 g/mol. The Balaban J connectivity index is 1.21. The molecule has 0 aliphatic rings. The van der Waals surface area contributed by atoms with Gasteiger partial charge in [0.05, 0.1) is 22.2 Å². The molecule has 0 atom stereocenters. The van der Waals surface area contributed by atoms with Gasteiger partial charge in [0.1, 0.15) is 4.83 Å². The highest BCUT2D eigenvalue weighted by molar-refractivity contribution is 7.25. The Kier molecular flexibility index (Phi) is 6.38. The van der Waals surface area contributed by atoms with Crippen molar-refractivity contribution >= 4 is 70.4 Å². The van der Waals surface area contributed by atoms with Crippen LogP contribution in [0.4, 0.5) is 0 Å². The van der Waals surface area contributed by atoms with E-state index >= 15 is 0 Å². The first-order valence-corrected chi connectivity index (χ1v) is 17.6. The van der Waals surface area contributed by atoms with Crippen LogP contribution in [-0.4, -0.2) is 19.1 Å². The van der Waals surface area contributed by atoms with Crippen molar-refractivity contribution in [2.75, 3.05) is 0 Å². The molecule has 0 saturated carbocycles. The van der Waals surface area contributed by atoms with E-state index in [1.54, 1.807) is 11.3 Å². The minimum atomic E-state index is 0.711. The summed E-state index contributed by atoms with van der Waals surface area (Å²) in [5.74, 6) is 0.711. The number of hydrogen-bond donors (Lipinski definition) is 0. The van der Waals surface area contributed by atoms with Crippen molar-refractivity contribution in [3.63, 3.8) is 0 Å². The highest BCUT2D eigenvalue weighted by atomic mass is 32.1. The number of fused-ring (bicyclic) bond motifs is 7. The largest absolute Gasteiger partial charge is 0.313 e. The van der Waals surface area contributed by atoms with Crippen LogP contribution in [0.25, 0.3) is 93.1 Å². The van der Waals surface area contributed by atoms with Crippen molar-refractivity contribution in [1.82, 2.24) is 19.1 Å². The lowest BCUT2D eigenvalue weighted by Crippen LogP contribution is -1.97. The molecule has 0 fully saturated rings. The van der Waals surface area contributed by atoms with E-state index in [-0.39, 0.29) is 0 Å². The summed E-state index contributed by atoms with van der Waals surface area (Å²) >= 11 is 1.72. The molecule has 0 amide bonds. The molecule has 0 radical (unpaired) electrons. The third-order valence-electron chi connectivity index (χ3n) is 9.93. The number of nitrogens with zero attached hydrogens (tertiary/aromatic N) is 4. The van der Waals surface area contributed by atoms with Crippen molar-refractivity contribution < 1.29 is 0 Å². The van der Waals surface area contributed by atoms with Crippen LogP contribution in [0.15, 0.2) is 152 Å². The second-order valence-electron chi connectivity index (χ2n) is 12.7. The van der Waals surface area contributed by atoms with Gasteiger partial charge in [-0.3, -0.25) is 0 Å². The molecule has 6 aromatic carbocycles. The van der Waals surface area contributed by atoms with E-state index in [1.807, 2.05) is 6.08 Å². The Morgan fingerprint density at radius 3 is 1.98 bits per heavy atom. The van der Waals surface area contributed by atoms with Gasteiger partial charge in [0.15, 0.2) is 5.82 Å². The molecular weight excluding hydrogens is 629 g/mol. The van der Waals surface area contributed by atoms with E-state index in [0.717, 1.165) is 60.6 Å². The van der Waals surface area contributed by atoms with Crippen LogP contribution in [0, 0.1) is 6.92 Å². The summed E-state index contributed by atoms with van der Waals surface area (Å²) in [7, 11) is 0. The van der Waals surface area contributed by atoms with Gasteiger partial charge in [0, 0.05) is 65.4 Å². The van der Waals surface area contributed by atoms with Gasteiger partial charge in [-0.2, -0.15) is 0 Å². The average Bonchev–Trinajstić information content (AvgIpc) is 3.81. The van der Waals surface area contributed by atoms with Gasteiger partial charge in [0.25, 0.3) is 0 Å². The summed E-state index contributed by atoms with van der Waals surface area (Å²) in [5, 5.41) is 5.89. The molecule has 0 aliphatic heterocycles. The van der Waals surface area contributed by atoms with Gasteiger partial charge >= 0.3 is 0 Å². The van der Waals surface area contributed by atoms with Crippen molar-refractivity contribution in [3.05, 3.63) is 163 Å². The Morgan fingerprint density at radius 1 is 0.560 bits per heavy atom. The normalized spacial score (nSPS) is 11.8. The molecule has 4 heterocycles. The van der Waals surface area contributed by atoms with E-state index in [0.29, 0.717) is 5.82 Å². The number of rotatable bonds is 5. The maximum atomic E-state index is 5.41. The van der Waals surface area contributed by atoms with Gasteiger partial charge < -0.3 is 9.13 Å². The third-order valence-corrected chi connectivity index (χ3v) is 11.0. The SMILES string of the molecule is C=Cc1c(C)n(-c2ccccc2)c2ccc(-c3nc(-c4cccc(-n5c6ccccc6c6ccccc65)c4)c4c(n3)sc3ccccc34)cc12. The topological polar surface area (TPSA) is 35.6 Å². The van der Waals surface area contributed by atoms with Gasteiger partial charge in [-0.15, -0.1) is 11.3 Å². The zero-order valence-electron chi connectivity index (χ0n) is 27.3. The molecule has 0 unspecified atom stereocenters. The quantitative estimate of drug-likeness (QED) is 0.184. The molecule has 0 spiro atoms. The van der Waals surface area contributed by atoms with Gasteiger partial charge in [-0.1, -0.05) is 97.6 Å². The van der Waals surface area contributed by atoms with Crippen LogP contribution in [0.1, 0.15) is 11.3 Å². The van der Waals surface area contributed by atoms with Crippen molar-refractivity contribution in [3.8, 4) is 34.0 Å². The van der Waals surface area contributed by atoms with E-state index < -0.39 is 0 Å². The van der Waals surface area contributed by atoms with Crippen molar-refractivity contribution in [2.24, 2.45) is 0 Å². The fourth-order valence-corrected chi connectivity index (χ4v) is 8.78. The number of aromatic nitrogens is 4. The minimum absolute atomic E-state index is 0.711. The lowest BCUT2D eigenvalue weighted by molar-refractivity contribution is 1.05. The van der Waals surface area contributed by atoms with E-state index in [4.69, 9.17) is 9.97 Å². The lowest BCUT2D eigenvalue weighted by Gasteiger charge is -2.12. The highest BCUT2D eigenvalue weighted by Gasteiger charge is 2.20. The maximum absolute atomic E-state index is 5.41. The molecular formula is C45H30N4S. The monoisotopic (exact) mass is 658 g/mol. The molecule has 5 heteroatoms. The van der Waals surface area contributed by atoms with Gasteiger partial charge in [0.2, 0.25) is 0 Å². The molecule has 4 aromatic heterocycles. The third kappa shape index (κ3) is 4.24. The summed E-state index contributed by atoms with van der Waals surface area (Å²) in [6, 6.07) is 51.7. The fourth-order valence-electron chi connectivity index (χ4n) is 7.70. The molecule has 0 N–H and O–H groups in total. The van der Waals surface area contributed by atoms with Crippen molar-refractivity contribution in [2.45, 2.75) is 6.92 Å². The first-order chi connectivity index (χ1) is 24.7. The van der Waals surface area contributed by atoms with Crippen LogP contribution in [-0.2, 0) is 0 Å². The molecule has 0 bridgehead atoms. The molecule has 0 aliphatic carbocycles. The van der Waals surface area contributed by atoms with E-state index in [2.05, 4.69) is 168 Å². The Labute approximate surface area is 292 Å². The standard InChI is InChI=1S/C45H30N4S/c1-3-33-28(2)48(31-15-5-4-6-16-31)40-25-24-30(27-37(33)40)44-46-43(42-36-20-9-12-23-41(36)50-45(42)47-44)29-14-13-17-32(26-29)49-38-21-10-7-18-34(38)35-19-8-11-22-39(35)49/h3-27H,1H2,2H3. The van der Waals surface area contributed by atoms with Crippen LogP contribution in [0.2, 0.25) is 0 Å². The summed E-state index contributed by atoms with van der Waals surface area (Å²) in [4.78, 5) is 11.6. The zero-order valence-corrected chi connectivity index (χ0v) is 28.2. The second kappa shape index (κ2) is 11.1. The summed E-state index contributed by atoms with van der Waals surface area (Å²) < 4.78 is 5.87. The molecule has 4 nitrogen and oxygen atoms in total. The second-order valence-corrected chi connectivity index (χ2v) is 13.7. The minimum Gasteiger partial charge on any atom is -0.313 e. The van der Waals surface area contributed by atoms with Crippen molar-refractivity contribution in [1.29, 1.82) is 0 Å². The van der Waals surface area contributed by atoms with Crippen LogP contribution in [0.3, 0.4) is 0 Å². The van der Waals surface area contributed by atoms with Gasteiger partial charge in [-0.25, -0.2) is 9.97 Å². The Bertz CT molecular complexity index is 2910. The van der Waals surface area contributed by atoms with Gasteiger partial charge in [-0.05, 0) is 67.6 Å². The van der Waals surface area contributed by atoms with Crippen LogP contribution < -0.4 is 0 Å². The molecule has 0 saturated heterocycles. The van der Waals surface area contributed by atoms with Crippen LogP contribution in [0.5, 0.6) is 0 Å². The molecule has 236 valence electrons. The number of thiophene rings is 1. The number of hydrogen-bond acceptors (Lipinski definition) is 3. The Morgan fingerprint density at radius 2 is 1.22 bits per heavy atom. The number of para-hydroxylation sites is 3. The smallest absolute Gasteiger partial charge is 0.161 e. The predicted octanol–water partition coefficient (Wildman–Crippen LogP) is 12.2. The van der Waals surface area contributed by atoms with E-state index in [1.165, 1.54) is 31.9 Å². The summed E-state index contributed by atoms with van der Waals surface area (Å²) in [6.45, 7) is 6.35. The summed E-state index contributed by atoms with van der Waals surface area (Å²) in [6.07, 6.45) is 1.96. The molecule has 50 heavy (non-hydrogen) atoms. The molecule has 10 rings (SSSR count). The highest BCUT2D eigenvalue weighted by Crippen LogP contribution is 2.41. The Hall–Kier alpha value is -6.30. The van der Waals surface area contributed by atoms with Crippen LogP contribution >= 0.6 is 11.3 Å². The first-order valence-electron chi connectivity index (χ1n) is 16.8. The predicted molar refractivity (Wildman–Crippen MR) is 212 cm³/mol. The number of benzene rings is 6. The first kappa shape index (κ1) is 28.7. The zero-order chi connectivity index (χ0) is 33.3. The lowest BCUT2D eigenvalue weighted by atomic mass is 10.0.